The van der Waals surface area contributed by atoms with Crippen LogP contribution in [0.2, 0.25) is 0 Å². The number of aryl methyl sites for hydroxylation is 1. The molecule has 0 atom stereocenters. The maximum absolute atomic E-state index is 13.2. The topological polar surface area (TPSA) is 59.8 Å². The molecule has 2 aromatic carbocycles. The molecular weight excluding hydrogens is 399 g/mol. The summed E-state index contributed by atoms with van der Waals surface area (Å²) in [6.45, 7) is 3.97. The molecule has 0 radical (unpaired) electrons. The van der Waals surface area contributed by atoms with Crippen LogP contribution in [0.5, 0.6) is 11.5 Å². The minimum atomic E-state index is -0.297. The van der Waals surface area contributed by atoms with Gasteiger partial charge in [-0.2, -0.15) is 5.10 Å². The second kappa shape index (κ2) is 8.03. The van der Waals surface area contributed by atoms with Crippen molar-refractivity contribution in [2.75, 3.05) is 33.0 Å². The average Bonchev–Trinajstić information content (AvgIpc) is 3.40. The van der Waals surface area contributed by atoms with Gasteiger partial charge in [-0.25, -0.2) is 4.39 Å². The number of aromatic nitrogens is 2. The highest BCUT2D eigenvalue weighted by atomic mass is 19.1. The summed E-state index contributed by atoms with van der Waals surface area (Å²) < 4.78 is 25.6. The number of ether oxygens (including phenoxy) is 2. The van der Waals surface area contributed by atoms with Gasteiger partial charge in [0.05, 0.1) is 5.69 Å². The summed E-state index contributed by atoms with van der Waals surface area (Å²) in [5.74, 6) is 1.25. The van der Waals surface area contributed by atoms with E-state index in [4.69, 9.17) is 9.47 Å². The van der Waals surface area contributed by atoms with E-state index in [9.17, 15) is 9.18 Å². The molecule has 3 heterocycles. The van der Waals surface area contributed by atoms with Crippen molar-refractivity contribution < 1.29 is 18.7 Å². The first-order valence-electron chi connectivity index (χ1n) is 10.3. The Kier molecular flexibility index (Phi) is 5.07. The zero-order valence-corrected chi connectivity index (χ0v) is 17.3. The van der Waals surface area contributed by atoms with Crippen molar-refractivity contribution in [1.29, 1.82) is 0 Å². The van der Waals surface area contributed by atoms with Gasteiger partial charge in [0.2, 0.25) is 6.79 Å². The van der Waals surface area contributed by atoms with Gasteiger partial charge in [0.1, 0.15) is 11.5 Å². The van der Waals surface area contributed by atoms with E-state index in [2.05, 4.69) is 16.1 Å². The van der Waals surface area contributed by atoms with Gasteiger partial charge in [0.25, 0.3) is 5.91 Å². The highest BCUT2D eigenvalue weighted by Gasteiger charge is 2.25. The number of carbonyl (C=O) groups is 1. The quantitative estimate of drug-likeness (QED) is 0.647. The molecule has 0 spiro atoms. The summed E-state index contributed by atoms with van der Waals surface area (Å²) in [6, 6.07) is 13.9. The van der Waals surface area contributed by atoms with Crippen molar-refractivity contribution in [3.05, 3.63) is 65.6 Å². The lowest BCUT2D eigenvalue weighted by atomic mass is 10.1. The molecule has 0 saturated carbocycles. The van der Waals surface area contributed by atoms with E-state index in [0.717, 1.165) is 36.7 Å². The van der Waals surface area contributed by atoms with Crippen LogP contribution < -0.4 is 9.47 Å². The summed E-state index contributed by atoms with van der Waals surface area (Å²) in [6.07, 6.45) is 0. The summed E-state index contributed by atoms with van der Waals surface area (Å²) in [5.41, 5.74) is 3.14. The molecule has 2 aliphatic rings. The molecule has 0 N–H and O–H groups in total. The van der Waals surface area contributed by atoms with Crippen molar-refractivity contribution in [2.45, 2.75) is 6.54 Å². The standard InChI is InChI=1S/C23H23FN4O3/c1-26-20(13-19(25-26)17-3-5-18(24)6-4-17)23(29)28-10-8-27(9-11-28)14-16-2-7-21-22(12-16)31-15-30-21/h2-7,12-13H,8-11,14-15H2,1H3. The molecular formula is C23H23FN4O3. The van der Waals surface area contributed by atoms with Gasteiger partial charge in [-0.3, -0.25) is 14.4 Å². The molecule has 7 nitrogen and oxygen atoms in total. The normalized spacial score (nSPS) is 16.0. The van der Waals surface area contributed by atoms with Crippen LogP contribution in [0.3, 0.4) is 0 Å². The van der Waals surface area contributed by atoms with Gasteiger partial charge >= 0.3 is 0 Å². The van der Waals surface area contributed by atoms with Crippen LogP contribution in [0.1, 0.15) is 16.1 Å². The molecule has 1 aromatic heterocycles. The summed E-state index contributed by atoms with van der Waals surface area (Å²) in [5, 5.41) is 4.44. The van der Waals surface area contributed by atoms with Crippen LogP contribution >= 0.6 is 0 Å². The Hall–Kier alpha value is -3.39. The fourth-order valence-electron chi connectivity index (χ4n) is 4.00. The Morgan fingerprint density at radius 2 is 1.74 bits per heavy atom. The first-order valence-corrected chi connectivity index (χ1v) is 10.3. The maximum atomic E-state index is 13.2. The van der Waals surface area contributed by atoms with Crippen LogP contribution in [-0.2, 0) is 13.6 Å². The fourth-order valence-corrected chi connectivity index (χ4v) is 4.00. The molecule has 1 amide bonds. The zero-order valence-electron chi connectivity index (χ0n) is 17.3. The fraction of sp³-hybridized carbons (Fsp3) is 0.304. The van der Waals surface area contributed by atoms with Crippen LogP contribution in [-0.4, -0.2) is 58.5 Å². The second-order valence-corrected chi connectivity index (χ2v) is 7.80. The Balaban J connectivity index is 1.21. The smallest absolute Gasteiger partial charge is 0.272 e. The predicted octanol–water partition coefficient (Wildman–Crippen LogP) is 2.91. The van der Waals surface area contributed by atoms with Gasteiger partial charge < -0.3 is 14.4 Å². The number of halogens is 1. The SMILES string of the molecule is Cn1nc(-c2ccc(F)cc2)cc1C(=O)N1CCN(Cc2ccc3c(c2)OCO3)CC1. The lowest BCUT2D eigenvalue weighted by molar-refractivity contribution is 0.0617. The first kappa shape index (κ1) is 19.6. The van der Waals surface area contributed by atoms with E-state index >= 15 is 0 Å². The third kappa shape index (κ3) is 3.98. The maximum Gasteiger partial charge on any atom is 0.272 e. The number of amides is 1. The van der Waals surface area contributed by atoms with E-state index in [1.807, 2.05) is 17.0 Å². The molecule has 5 rings (SSSR count). The third-order valence-corrected chi connectivity index (χ3v) is 5.74. The first-order chi connectivity index (χ1) is 15.1. The van der Waals surface area contributed by atoms with Crippen molar-refractivity contribution in [3.8, 4) is 22.8 Å². The molecule has 0 unspecified atom stereocenters. The molecule has 0 aliphatic carbocycles. The van der Waals surface area contributed by atoms with Crippen molar-refractivity contribution in [2.24, 2.45) is 7.05 Å². The molecule has 2 aliphatic heterocycles. The lowest BCUT2D eigenvalue weighted by Crippen LogP contribution is -2.48. The second-order valence-electron chi connectivity index (χ2n) is 7.80. The van der Waals surface area contributed by atoms with Crippen molar-refractivity contribution in [1.82, 2.24) is 19.6 Å². The third-order valence-electron chi connectivity index (χ3n) is 5.74. The number of rotatable bonds is 4. The number of nitrogens with zero attached hydrogens (tertiary/aromatic N) is 4. The highest BCUT2D eigenvalue weighted by molar-refractivity contribution is 5.93. The summed E-state index contributed by atoms with van der Waals surface area (Å²) in [4.78, 5) is 17.3. The highest BCUT2D eigenvalue weighted by Crippen LogP contribution is 2.33. The minimum absolute atomic E-state index is 0.0360. The van der Waals surface area contributed by atoms with Crippen molar-refractivity contribution >= 4 is 5.91 Å². The largest absolute Gasteiger partial charge is 0.454 e. The van der Waals surface area contributed by atoms with Crippen molar-refractivity contribution in [3.63, 3.8) is 0 Å². The van der Waals surface area contributed by atoms with Crippen LogP contribution in [0, 0.1) is 5.82 Å². The molecule has 0 bridgehead atoms. The molecule has 160 valence electrons. The average molecular weight is 422 g/mol. The minimum Gasteiger partial charge on any atom is -0.454 e. The van der Waals surface area contributed by atoms with E-state index < -0.39 is 0 Å². The number of fused-ring (bicyclic) bond motifs is 1. The number of benzene rings is 2. The van der Waals surface area contributed by atoms with E-state index in [-0.39, 0.29) is 18.5 Å². The van der Waals surface area contributed by atoms with Gasteiger partial charge in [-0.1, -0.05) is 6.07 Å². The van der Waals surface area contributed by atoms with E-state index in [1.54, 1.807) is 29.9 Å². The lowest BCUT2D eigenvalue weighted by Gasteiger charge is -2.34. The number of carbonyl (C=O) groups excluding carboxylic acids is 1. The summed E-state index contributed by atoms with van der Waals surface area (Å²) >= 11 is 0. The Labute approximate surface area is 179 Å². The molecule has 1 fully saturated rings. The molecule has 8 heteroatoms. The zero-order chi connectivity index (χ0) is 21.4. The molecule has 3 aromatic rings. The van der Waals surface area contributed by atoms with E-state index in [1.165, 1.54) is 17.7 Å². The van der Waals surface area contributed by atoms with Gasteiger partial charge in [0, 0.05) is 45.3 Å². The van der Waals surface area contributed by atoms with Gasteiger partial charge in [-0.05, 0) is 48.0 Å². The number of piperazine rings is 1. The van der Waals surface area contributed by atoms with Crippen LogP contribution in [0.15, 0.2) is 48.5 Å². The molecule has 1 saturated heterocycles. The molecule has 31 heavy (non-hydrogen) atoms. The predicted molar refractivity (Wildman–Crippen MR) is 112 cm³/mol. The monoisotopic (exact) mass is 422 g/mol. The summed E-state index contributed by atoms with van der Waals surface area (Å²) in [7, 11) is 1.76. The van der Waals surface area contributed by atoms with Gasteiger partial charge in [-0.15, -0.1) is 0 Å². The number of hydrogen-bond donors (Lipinski definition) is 0. The van der Waals surface area contributed by atoms with Crippen LogP contribution in [0.4, 0.5) is 4.39 Å². The Bertz CT molecular complexity index is 1100. The van der Waals surface area contributed by atoms with Crippen LogP contribution in [0.25, 0.3) is 11.3 Å². The Morgan fingerprint density at radius 1 is 1.00 bits per heavy atom. The van der Waals surface area contributed by atoms with Gasteiger partial charge in [0.15, 0.2) is 11.5 Å². The number of hydrogen-bond acceptors (Lipinski definition) is 5. The van der Waals surface area contributed by atoms with E-state index in [0.29, 0.717) is 24.5 Å². The Morgan fingerprint density at radius 3 is 2.52 bits per heavy atom.